The Morgan fingerprint density at radius 3 is 2.75 bits per heavy atom. The van der Waals surface area contributed by atoms with Gasteiger partial charge in [-0.1, -0.05) is 6.08 Å². The Bertz CT molecular complexity index is 377. The first-order chi connectivity index (χ1) is 9.10. The fraction of sp³-hybridized carbons (Fsp3) is 0.692. The molecular formula is C13H23ClN4O2. The molecule has 0 aromatic heterocycles. The molecule has 6 nitrogen and oxygen atoms in total. The Kier molecular flexibility index (Phi) is 6.45. The Balaban J connectivity index is 0.00000200. The zero-order valence-electron chi connectivity index (χ0n) is 11.5. The molecule has 20 heavy (non-hydrogen) atoms. The molecule has 114 valence electrons. The van der Waals surface area contributed by atoms with Crippen LogP contribution in [0.2, 0.25) is 0 Å². The average Bonchev–Trinajstić information content (AvgIpc) is 2.89. The molecule has 0 aromatic rings. The number of nitrogens with two attached hydrogens (primary N) is 1. The van der Waals surface area contributed by atoms with Gasteiger partial charge in [0.05, 0.1) is 6.54 Å². The molecule has 2 rings (SSSR count). The van der Waals surface area contributed by atoms with Gasteiger partial charge in [0, 0.05) is 25.7 Å². The molecule has 0 spiro atoms. The maximum Gasteiger partial charge on any atom is 0.321 e. The number of fused-ring (bicyclic) bond motifs is 1. The molecule has 3 amide bonds. The van der Waals surface area contributed by atoms with Crippen molar-refractivity contribution >= 4 is 24.3 Å². The van der Waals surface area contributed by atoms with Crippen LogP contribution in [0, 0.1) is 11.8 Å². The number of urea groups is 1. The minimum atomic E-state index is -0.471. The van der Waals surface area contributed by atoms with Gasteiger partial charge >= 0.3 is 6.03 Å². The number of imide groups is 1. The van der Waals surface area contributed by atoms with Crippen LogP contribution < -0.4 is 16.4 Å². The maximum atomic E-state index is 11.7. The first kappa shape index (κ1) is 16.9. The number of carbonyl (C=O) groups excluding carboxylic acids is 2. The number of hydrogen-bond acceptors (Lipinski definition) is 4. The quantitative estimate of drug-likeness (QED) is 0.642. The highest BCUT2D eigenvalue weighted by Gasteiger charge is 2.41. The second kappa shape index (κ2) is 7.61. The normalized spacial score (nSPS) is 28.4. The van der Waals surface area contributed by atoms with Gasteiger partial charge in [0.25, 0.3) is 0 Å². The van der Waals surface area contributed by atoms with Crippen molar-refractivity contribution in [3.05, 3.63) is 12.7 Å². The first-order valence-corrected chi connectivity index (χ1v) is 6.76. The van der Waals surface area contributed by atoms with E-state index in [-0.39, 0.29) is 30.9 Å². The molecule has 1 saturated heterocycles. The summed E-state index contributed by atoms with van der Waals surface area (Å²) in [6.07, 6.45) is 3.82. The Labute approximate surface area is 125 Å². The first-order valence-electron chi connectivity index (χ1n) is 6.76. The Morgan fingerprint density at radius 1 is 1.35 bits per heavy atom. The molecule has 2 fully saturated rings. The van der Waals surface area contributed by atoms with Crippen LogP contribution in [0.4, 0.5) is 4.79 Å². The fourth-order valence-electron chi connectivity index (χ4n) is 3.11. The number of likely N-dealkylation sites (tertiary alicyclic amines) is 1. The lowest BCUT2D eigenvalue weighted by molar-refractivity contribution is -0.121. The van der Waals surface area contributed by atoms with Gasteiger partial charge in [-0.25, -0.2) is 4.79 Å². The van der Waals surface area contributed by atoms with Gasteiger partial charge in [-0.3, -0.25) is 15.0 Å². The summed E-state index contributed by atoms with van der Waals surface area (Å²) in [7, 11) is 0. The largest absolute Gasteiger partial charge is 0.334 e. The van der Waals surface area contributed by atoms with Crippen molar-refractivity contribution in [3.63, 3.8) is 0 Å². The van der Waals surface area contributed by atoms with Gasteiger partial charge in [-0.15, -0.1) is 19.0 Å². The van der Waals surface area contributed by atoms with Crippen LogP contribution in [0.1, 0.15) is 12.8 Å². The number of nitrogens with one attached hydrogen (secondary N) is 2. The van der Waals surface area contributed by atoms with Crippen LogP contribution in [0.5, 0.6) is 0 Å². The summed E-state index contributed by atoms with van der Waals surface area (Å²) in [5.41, 5.74) is 6.05. The van der Waals surface area contributed by atoms with Crippen LogP contribution in [-0.4, -0.2) is 49.1 Å². The van der Waals surface area contributed by atoms with E-state index in [1.165, 1.54) is 0 Å². The highest BCUT2D eigenvalue weighted by Crippen LogP contribution is 2.36. The molecule has 1 aliphatic carbocycles. The minimum Gasteiger partial charge on any atom is -0.334 e. The SMILES string of the molecule is C=CCNC(=O)NC(=O)CN1CC2CCC(N)C2C1.Cl. The third-order valence-electron chi connectivity index (χ3n) is 4.02. The summed E-state index contributed by atoms with van der Waals surface area (Å²) in [6.45, 7) is 5.89. The van der Waals surface area contributed by atoms with Crippen molar-refractivity contribution in [2.45, 2.75) is 18.9 Å². The van der Waals surface area contributed by atoms with Crippen molar-refractivity contribution in [3.8, 4) is 0 Å². The number of carbonyl (C=O) groups is 2. The number of hydrogen-bond donors (Lipinski definition) is 3. The summed E-state index contributed by atoms with van der Waals surface area (Å²) in [4.78, 5) is 25.1. The number of halogens is 1. The van der Waals surface area contributed by atoms with E-state index in [0.717, 1.165) is 25.9 Å². The van der Waals surface area contributed by atoms with E-state index in [4.69, 9.17) is 5.73 Å². The summed E-state index contributed by atoms with van der Waals surface area (Å²) in [6, 6.07) is -0.199. The van der Waals surface area contributed by atoms with Crippen molar-refractivity contribution < 1.29 is 9.59 Å². The molecule has 3 unspecified atom stereocenters. The number of nitrogens with zero attached hydrogens (tertiary/aromatic N) is 1. The van der Waals surface area contributed by atoms with E-state index < -0.39 is 6.03 Å². The summed E-state index contributed by atoms with van der Waals surface area (Å²) < 4.78 is 0. The maximum absolute atomic E-state index is 11.7. The molecule has 3 atom stereocenters. The van der Waals surface area contributed by atoms with Crippen LogP contribution in [0.25, 0.3) is 0 Å². The monoisotopic (exact) mass is 302 g/mol. The highest BCUT2D eigenvalue weighted by molar-refractivity contribution is 5.95. The lowest BCUT2D eigenvalue weighted by Crippen LogP contribution is -2.44. The molecule has 0 bridgehead atoms. The van der Waals surface area contributed by atoms with Crippen molar-refractivity contribution in [2.24, 2.45) is 17.6 Å². The predicted molar refractivity (Wildman–Crippen MR) is 79.6 cm³/mol. The summed E-state index contributed by atoms with van der Waals surface area (Å²) in [5.74, 6) is 0.870. The van der Waals surface area contributed by atoms with Gasteiger partial charge in [0.2, 0.25) is 5.91 Å². The third kappa shape index (κ3) is 4.19. The second-order valence-corrected chi connectivity index (χ2v) is 5.41. The van der Waals surface area contributed by atoms with Crippen LogP contribution >= 0.6 is 12.4 Å². The molecule has 0 radical (unpaired) electrons. The highest BCUT2D eigenvalue weighted by atomic mass is 35.5. The summed E-state index contributed by atoms with van der Waals surface area (Å²) >= 11 is 0. The molecule has 4 N–H and O–H groups in total. The lowest BCUT2D eigenvalue weighted by atomic mass is 9.98. The van der Waals surface area contributed by atoms with Crippen molar-refractivity contribution in [1.29, 1.82) is 0 Å². The minimum absolute atomic E-state index is 0. The van der Waals surface area contributed by atoms with Gasteiger partial charge in [0.15, 0.2) is 0 Å². The molecular weight excluding hydrogens is 280 g/mol. The average molecular weight is 303 g/mol. The zero-order chi connectivity index (χ0) is 13.8. The van der Waals surface area contributed by atoms with E-state index in [9.17, 15) is 9.59 Å². The van der Waals surface area contributed by atoms with Crippen LogP contribution in [-0.2, 0) is 4.79 Å². The summed E-state index contributed by atoms with van der Waals surface area (Å²) in [5, 5.41) is 4.82. The fourth-order valence-corrected chi connectivity index (χ4v) is 3.11. The second-order valence-electron chi connectivity index (χ2n) is 5.41. The standard InChI is InChI=1S/C13H22N4O2.ClH/c1-2-5-15-13(19)16-12(18)8-17-6-9-3-4-11(14)10(9)7-17;/h2,9-11H,1,3-8,14H2,(H2,15,16,18,19);1H. The molecule has 7 heteroatoms. The number of rotatable bonds is 4. The van der Waals surface area contributed by atoms with Gasteiger partial charge < -0.3 is 11.1 Å². The van der Waals surface area contributed by atoms with Gasteiger partial charge in [-0.2, -0.15) is 0 Å². The van der Waals surface area contributed by atoms with Crippen molar-refractivity contribution in [1.82, 2.24) is 15.5 Å². The van der Waals surface area contributed by atoms with Crippen LogP contribution in [0.3, 0.4) is 0 Å². The van der Waals surface area contributed by atoms with Crippen LogP contribution in [0.15, 0.2) is 12.7 Å². The molecule has 2 aliphatic rings. The topological polar surface area (TPSA) is 87.5 Å². The van der Waals surface area contributed by atoms with E-state index >= 15 is 0 Å². The smallest absolute Gasteiger partial charge is 0.321 e. The lowest BCUT2D eigenvalue weighted by Gasteiger charge is -2.17. The van der Waals surface area contributed by atoms with E-state index in [1.54, 1.807) is 6.08 Å². The zero-order valence-corrected chi connectivity index (χ0v) is 12.3. The Hall–Kier alpha value is -1.11. The third-order valence-corrected chi connectivity index (χ3v) is 4.02. The van der Waals surface area contributed by atoms with Crippen molar-refractivity contribution in [2.75, 3.05) is 26.2 Å². The molecule has 1 heterocycles. The van der Waals surface area contributed by atoms with Gasteiger partial charge in [-0.05, 0) is 24.7 Å². The molecule has 1 aliphatic heterocycles. The van der Waals surface area contributed by atoms with Gasteiger partial charge in [0.1, 0.15) is 0 Å². The predicted octanol–water partition coefficient (Wildman–Crippen LogP) is 0.0891. The Morgan fingerprint density at radius 2 is 2.10 bits per heavy atom. The molecule has 1 saturated carbocycles. The number of amides is 3. The van der Waals surface area contributed by atoms with E-state index in [1.807, 2.05) is 0 Å². The van der Waals surface area contributed by atoms with E-state index in [2.05, 4.69) is 22.1 Å². The molecule has 0 aromatic carbocycles. The van der Waals surface area contributed by atoms with E-state index in [0.29, 0.717) is 18.4 Å².